The molecular formula is C104H177Cl2N15O16S2. The minimum Gasteiger partial charge on any atom is -0.481 e. The first-order valence-electron chi connectivity index (χ1n) is 53.2. The Morgan fingerprint density at radius 2 is 0.755 bits per heavy atom. The quantitative estimate of drug-likeness (QED) is 0.0253. The Labute approximate surface area is 843 Å². The largest absolute Gasteiger partial charge is 0.481 e. The number of aliphatic carboxylic acids is 1. The molecule has 5 saturated heterocycles. The van der Waals surface area contributed by atoms with Crippen LogP contribution in [0.15, 0.2) is 27.0 Å². The van der Waals surface area contributed by atoms with Crippen molar-refractivity contribution in [3.8, 4) is 12.1 Å². The molecule has 0 bridgehead atoms. The van der Waals surface area contributed by atoms with Crippen molar-refractivity contribution < 1.29 is 74.5 Å². The summed E-state index contributed by atoms with van der Waals surface area (Å²) in [4.78, 5) is 117. The van der Waals surface area contributed by atoms with Crippen molar-refractivity contribution in [2.45, 2.75) is 430 Å². The summed E-state index contributed by atoms with van der Waals surface area (Å²) in [6.07, 6.45) is 46.8. The topological polar surface area (TPSA) is 437 Å². The molecule has 7 amide bonds. The monoisotopic (exact) mass is 2030 g/mol. The maximum Gasteiger partial charge on any atom is 0.410 e. The number of carboxylic acid groups (broad SMARTS) is 1. The third-order valence-corrected chi connectivity index (χ3v) is 33.5. The molecular weight excluding hydrogens is 1850 g/mol. The molecule has 8 heterocycles. The second-order valence-corrected chi connectivity index (χ2v) is 49.9. The Morgan fingerprint density at radius 1 is 0.468 bits per heavy atom. The summed E-state index contributed by atoms with van der Waals surface area (Å²) in [7, 11) is -2.03. The number of amides is 7. The molecule has 8 N–H and O–H groups in total. The smallest absolute Gasteiger partial charge is 0.410 e. The van der Waals surface area contributed by atoms with E-state index in [0.717, 1.165) is 155 Å². The zero-order valence-electron chi connectivity index (χ0n) is 87.1. The van der Waals surface area contributed by atoms with E-state index in [1.165, 1.54) is 152 Å². The number of carboxylic acids is 1. The number of alkyl halides is 1. The Morgan fingerprint density at radius 3 is 1.02 bits per heavy atom. The van der Waals surface area contributed by atoms with Gasteiger partial charge in [0.25, 0.3) is 17.7 Å². The molecule has 8 aliphatic heterocycles. The van der Waals surface area contributed by atoms with Crippen LogP contribution in [0.3, 0.4) is 0 Å². The van der Waals surface area contributed by atoms with Crippen LogP contribution < -0.4 is 32.3 Å². The fourth-order valence-electron chi connectivity index (χ4n) is 21.3. The number of ether oxygens (including phenoxy) is 3. The number of carbonyl (C=O) groups is 8. The van der Waals surface area contributed by atoms with Crippen molar-refractivity contribution in [3.63, 3.8) is 0 Å². The van der Waals surface area contributed by atoms with Gasteiger partial charge in [0.15, 0.2) is 0 Å². The van der Waals surface area contributed by atoms with Crippen LogP contribution in [-0.2, 0) is 57.3 Å². The predicted molar refractivity (Wildman–Crippen MR) is 550 cm³/mol. The molecule has 0 atom stereocenters. The molecule has 139 heavy (non-hydrogen) atoms. The van der Waals surface area contributed by atoms with Crippen molar-refractivity contribution >= 4 is 107 Å². The number of rotatable bonds is 25. The molecule has 5 aliphatic carbocycles. The van der Waals surface area contributed by atoms with E-state index in [-0.39, 0.29) is 65.4 Å². The minimum atomic E-state index is -3.42. The second-order valence-electron chi connectivity index (χ2n) is 44.7. The molecule has 13 rings (SSSR count). The van der Waals surface area contributed by atoms with Crippen LogP contribution in [0.2, 0.25) is 0 Å². The highest BCUT2D eigenvalue weighted by molar-refractivity contribution is 8.13. The zero-order chi connectivity index (χ0) is 103. The highest BCUT2D eigenvalue weighted by Gasteiger charge is 2.52. The van der Waals surface area contributed by atoms with Gasteiger partial charge in [0, 0.05) is 111 Å². The van der Waals surface area contributed by atoms with E-state index in [1.54, 1.807) is 14.7 Å². The molecule has 0 radical (unpaired) electrons. The number of amidine groups is 3. The van der Waals surface area contributed by atoms with Gasteiger partial charge >= 0.3 is 24.2 Å². The van der Waals surface area contributed by atoms with Crippen LogP contribution in [0.5, 0.6) is 0 Å². The van der Waals surface area contributed by atoms with Crippen molar-refractivity contribution in [2.24, 2.45) is 79.9 Å². The van der Waals surface area contributed by atoms with Crippen molar-refractivity contribution in [1.29, 1.82) is 10.5 Å². The summed E-state index contributed by atoms with van der Waals surface area (Å²) in [6, 6.07) is 4.41. The number of hydrogen-bond donors (Lipinski definition) is 7. The number of carbonyl (C=O) groups excluding carboxylic acids is 7. The van der Waals surface area contributed by atoms with Crippen molar-refractivity contribution in [1.82, 2.24) is 45.6 Å². The SMILES string of the molecule is C=CS(=O)(=O)N1CCC2(CC1)N=C(C1CCC(CCCC)CC1)NC2=O.CC(C)(C)OC(=O)N1CCC(N)(C#N)CC1.CCCCC1CCC(C(=O)NC2(C#N)CCN(C(=O)OC(C)(C)C)CC2)CC1.CCCCC1CCC(C(=O)O)CC1.CCCCC1CCC(C2=NC3(CCN(C(=O)OC(C)(C)C)CC3)C(=O)N2)CC1.CCCCC1CCC(C2=NC3(CCNCC3)C(=O)N2)CC1.O=S(=O)(Cl)CCCl. The fraction of sp³-hybridized carbons (Fsp3) is 0.856. The van der Waals surface area contributed by atoms with Crippen LogP contribution in [0.4, 0.5) is 14.4 Å². The number of sulfonamides is 1. The summed E-state index contributed by atoms with van der Waals surface area (Å²) < 4.78 is 61.2. The van der Waals surface area contributed by atoms with Gasteiger partial charge in [-0.15, -0.1) is 11.6 Å². The van der Waals surface area contributed by atoms with Gasteiger partial charge in [-0.05, 0) is 285 Å². The third-order valence-electron chi connectivity index (χ3n) is 30.4. The van der Waals surface area contributed by atoms with Crippen LogP contribution in [0.25, 0.3) is 0 Å². The van der Waals surface area contributed by atoms with E-state index in [1.807, 2.05) is 62.3 Å². The van der Waals surface area contributed by atoms with Crippen molar-refractivity contribution in [2.75, 3.05) is 77.1 Å². The lowest BCUT2D eigenvalue weighted by Crippen LogP contribution is -2.57. The third kappa shape index (κ3) is 39.0. The van der Waals surface area contributed by atoms with Crippen molar-refractivity contribution in [3.05, 3.63) is 12.0 Å². The van der Waals surface area contributed by atoms with E-state index in [4.69, 9.17) is 67.6 Å². The standard InChI is InChI=1S/2C22H37N3O3.C19H31N3O3S.C17H29N3O.C11H19N3O2.C11H20O2.C2H4Cl2O2S/c1-5-6-7-16-8-10-17(11-9-16)18-23-19(26)22(24-18)12-14-25(15-13-22)20(27)28-21(2,3)4;1-5-6-7-17-8-10-18(11-9-17)19(26)24-22(16-23)12-14-25(15-13-22)20(27)28-21(2,3)4;1-3-5-6-15-7-9-16(10-8-15)17-20-18(23)19(21-17)11-13-22(14-12-19)26(24,25)4-2;1-2-3-4-13-5-7-14(8-6-13)15-19-16(21)17(20-15)9-11-18-12-10-17;1-10(2,3)16-9(15)14-6-4-11(13,8-12)5-7-14;1-2-3-4-9-5-7-10(8-6-9)11(12)13;3-1-2-7(4,5)6/h16-17H,5-15H2,1-4H3,(H,23,24,26);17-18H,5-15H2,1-4H3,(H,24,26);4,15-16H,2-3,5-14H2,1H3,(H,20,21,23);13-14,18H,2-12H2,1H3,(H,19,20,21);4-7,13H2,1-3H3;9-10H,2-8H2,1H3,(H,12,13);1-2H2. The van der Waals surface area contributed by atoms with Crippen LogP contribution in [0, 0.1) is 81.8 Å². The normalized spacial score (nSPS) is 26.5. The molecule has 0 aromatic heterocycles. The number of nitriles is 2. The molecule has 13 aliphatic rings. The lowest BCUT2D eigenvalue weighted by Gasteiger charge is -2.39. The number of halogens is 2. The fourth-order valence-corrected chi connectivity index (χ4v) is 23.5. The number of piperidine rings is 5. The van der Waals surface area contributed by atoms with Gasteiger partial charge in [0.2, 0.25) is 25.0 Å². The molecule has 0 aromatic rings. The zero-order valence-corrected chi connectivity index (χ0v) is 90.3. The second kappa shape index (κ2) is 56.1. The van der Waals surface area contributed by atoms with Gasteiger partial charge in [-0.3, -0.25) is 38.9 Å². The number of hydrogen-bond acceptors (Lipinski definition) is 22. The van der Waals surface area contributed by atoms with Gasteiger partial charge in [-0.2, -0.15) is 14.8 Å². The summed E-state index contributed by atoms with van der Waals surface area (Å²) in [6.45, 7) is 36.5. The van der Waals surface area contributed by atoms with Crippen LogP contribution in [0.1, 0.15) is 386 Å². The average molecular weight is 2030 g/mol. The summed E-state index contributed by atoms with van der Waals surface area (Å²) in [5.41, 5.74) is 0.774. The first kappa shape index (κ1) is 119. The molecule has 10 fully saturated rings. The number of nitrogens with zero attached hydrogens (tertiary/aromatic N) is 9. The maximum atomic E-state index is 12.8. The van der Waals surface area contributed by atoms with E-state index < -0.39 is 69.5 Å². The number of likely N-dealkylation sites (tertiary alicyclic amines) is 3. The van der Waals surface area contributed by atoms with Gasteiger partial charge < -0.3 is 66.3 Å². The Kier molecular flexibility index (Phi) is 48.1. The molecule has 31 nitrogen and oxygen atoms in total. The molecule has 0 unspecified atom stereocenters. The van der Waals surface area contributed by atoms with Crippen LogP contribution >= 0.6 is 22.3 Å². The van der Waals surface area contributed by atoms with Gasteiger partial charge in [-0.1, -0.05) is 138 Å². The summed E-state index contributed by atoms with van der Waals surface area (Å²) in [5.74, 6) is 7.62. The molecule has 0 aromatic carbocycles. The van der Waals surface area contributed by atoms with Gasteiger partial charge in [0.1, 0.15) is 62.0 Å². The number of nitrogens with one attached hydrogen (secondary N) is 5. The lowest BCUT2D eigenvalue weighted by atomic mass is 9.78. The Hall–Kier alpha value is -6.75. The van der Waals surface area contributed by atoms with E-state index >= 15 is 0 Å². The van der Waals surface area contributed by atoms with Gasteiger partial charge in [0.05, 0.1) is 23.8 Å². The number of unbranched alkanes of at least 4 members (excludes halogenated alkanes) is 5. The lowest BCUT2D eigenvalue weighted by molar-refractivity contribution is -0.143. The number of nitrogens with two attached hydrogens (primary N) is 1. The molecule has 35 heteroatoms. The summed E-state index contributed by atoms with van der Waals surface area (Å²) in [5, 5.41) is 44.0. The Balaban J connectivity index is 0.000000227. The Bertz CT molecular complexity index is 4330. The summed E-state index contributed by atoms with van der Waals surface area (Å²) >= 11 is 5.02. The molecule has 5 saturated carbocycles. The number of aliphatic imine (C=N–C) groups is 3. The average Bonchev–Trinajstić information content (AvgIpc) is 1.63. The highest BCUT2D eigenvalue weighted by Crippen LogP contribution is 2.43. The maximum absolute atomic E-state index is 12.8. The first-order valence-corrected chi connectivity index (χ1v) is 57.8. The minimum absolute atomic E-state index is 0.0150. The van der Waals surface area contributed by atoms with Crippen LogP contribution in [-0.4, -0.2) is 228 Å². The molecule has 790 valence electrons. The predicted octanol–water partition coefficient (Wildman–Crippen LogP) is 19.2. The van der Waals surface area contributed by atoms with E-state index in [2.05, 4.69) is 79.9 Å². The molecule has 3 spiro atoms. The first-order chi connectivity index (χ1) is 65.6. The van der Waals surface area contributed by atoms with E-state index in [0.29, 0.717) is 121 Å². The van der Waals surface area contributed by atoms with E-state index in [9.17, 15) is 60.5 Å². The van der Waals surface area contributed by atoms with Gasteiger partial charge in [-0.25, -0.2) is 31.2 Å². The highest BCUT2D eigenvalue weighted by atomic mass is 35.7.